The molecule has 0 spiro atoms. The summed E-state index contributed by atoms with van der Waals surface area (Å²) < 4.78 is 4.94. The topological polar surface area (TPSA) is 70.1 Å². The number of piperazine rings is 1. The van der Waals surface area contributed by atoms with Crippen molar-refractivity contribution in [2.24, 2.45) is 4.99 Å². The Balaban J connectivity index is 1.59. The van der Waals surface area contributed by atoms with Crippen molar-refractivity contribution >= 4 is 17.7 Å². The van der Waals surface area contributed by atoms with Gasteiger partial charge in [0.1, 0.15) is 5.82 Å². The summed E-state index contributed by atoms with van der Waals surface area (Å²) in [5.41, 5.74) is 0. The van der Waals surface area contributed by atoms with Gasteiger partial charge in [-0.15, -0.1) is 0 Å². The minimum absolute atomic E-state index is 0.0825. The van der Waals surface area contributed by atoms with Gasteiger partial charge in [0.2, 0.25) is 0 Å². The van der Waals surface area contributed by atoms with Gasteiger partial charge in [0.05, 0.1) is 6.61 Å². The molecule has 7 nitrogen and oxygen atoms in total. The second-order valence-electron chi connectivity index (χ2n) is 6.61. The van der Waals surface area contributed by atoms with Crippen molar-refractivity contribution in [3.8, 4) is 0 Å². The molecule has 1 fully saturated rings. The lowest BCUT2D eigenvalue weighted by molar-refractivity contribution is -0.143. The Bertz CT molecular complexity index is 571. The van der Waals surface area contributed by atoms with Gasteiger partial charge in [-0.3, -0.25) is 9.79 Å². The van der Waals surface area contributed by atoms with Crippen LogP contribution in [0.25, 0.3) is 0 Å². The molecule has 0 amide bonds. The standard InChI is InChI=1S/C20H33N5O2/c1-3-27-19(26)11-6-4-5-8-13-23-20(21-2)25-16-14-24(15-17-25)18-10-7-9-12-22-18/h7,9-10,12H,3-6,8,11,13-17H2,1-2H3,(H,21,23). The Morgan fingerprint density at radius 1 is 1.19 bits per heavy atom. The normalized spacial score (nSPS) is 15.0. The number of hydrogen-bond donors (Lipinski definition) is 1. The number of pyridine rings is 1. The molecular formula is C20H33N5O2. The Morgan fingerprint density at radius 3 is 2.63 bits per heavy atom. The first kappa shape index (κ1) is 21.0. The Hall–Kier alpha value is -2.31. The number of hydrogen-bond acceptors (Lipinski definition) is 5. The number of aliphatic imine (C=N–C) groups is 1. The molecule has 0 aromatic carbocycles. The number of anilines is 1. The molecule has 2 heterocycles. The summed E-state index contributed by atoms with van der Waals surface area (Å²) in [7, 11) is 1.84. The van der Waals surface area contributed by atoms with Crippen LogP contribution in [0, 0.1) is 0 Å². The number of carbonyl (C=O) groups is 1. The summed E-state index contributed by atoms with van der Waals surface area (Å²) in [5.74, 6) is 1.94. The van der Waals surface area contributed by atoms with Crippen LogP contribution in [-0.2, 0) is 9.53 Å². The average Bonchev–Trinajstić information content (AvgIpc) is 2.71. The summed E-state index contributed by atoms with van der Waals surface area (Å²) in [4.78, 5) is 24.8. The van der Waals surface area contributed by atoms with Crippen molar-refractivity contribution in [1.29, 1.82) is 0 Å². The highest BCUT2D eigenvalue weighted by Gasteiger charge is 2.20. The van der Waals surface area contributed by atoms with E-state index in [1.807, 2.05) is 32.3 Å². The molecule has 1 aromatic heterocycles. The van der Waals surface area contributed by atoms with Crippen LogP contribution in [0.4, 0.5) is 5.82 Å². The Morgan fingerprint density at radius 2 is 1.96 bits per heavy atom. The minimum atomic E-state index is -0.0825. The summed E-state index contributed by atoms with van der Waals surface area (Å²) in [6.45, 7) is 7.00. The molecule has 0 saturated carbocycles. The van der Waals surface area contributed by atoms with Crippen molar-refractivity contribution in [2.75, 3.05) is 51.3 Å². The molecule has 0 atom stereocenters. The van der Waals surface area contributed by atoms with E-state index in [-0.39, 0.29) is 5.97 Å². The predicted molar refractivity (Wildman–Crippen MR) is 109 cm³/mol. The smallest absolute Gasteiger partial charge is 0.305 e. The van der Waals surface area contributed by atoms with Gasteiger partial charge in [-0.2, -0.15) is 0 Å². The highest BCUT2D eigenvalue weighted by molar-refractivity contribution is 5.80. The number of nitrogens with zero attached hydrogens (tertiary/aromatic N) is 4. The van der Waals surface area contributed by atoms with Crippen LogP contribution >= 0.6 is 0 Å². The second kappa shape index (κ2) is 12.1. The van der Waals surface area contributed by atoms with Crippen molar-refractivity contribution in [3.63, 3.8) is 0 Å². The minimum Gasteiger partial charge on any atom is -0.466 e. The highest BCUT2D eigenvalue weighted by atomic mass is 16.5. The van der Waals surface area contributed by atoms with Crippen LogP contribution in [0.15, 0.2) is 29.4 Å². The maximum absolute atomic E-state index is 11.3. The molecule has 27 heavy (non-hydrogen) atoms. The van der Waals surface area contributed by atoms with Crippen LogP contribution in [-0.4, -0.2) is 68.2 Å². The largest absolute Gasteiger partial charge is 0.466 e. The van der Waals surface area contributed by atoms with Gasteiger partial charge in [0.15, 0.2) is 5.96 Å². The monoisotopic (exact) mass is 375 g/mol. The third kappa shape index (κ3) is 7.45. The maximum atomic E-state index is 11.3. The van der Waals surface area contributed by atoms with Gasteiger partial charge in [0.25, 0.3) is 0 Å². The predicted octanol–water partition coefficient (Wildman–Crippen LogP) is 2.29. The van der Waals surface area contributed by atoms with Gasteiger partial charge in [-0.1, -0.05) is 18.9 Å². The van der Waals surface area contributed by atoms with Crippen LogP contribution in [0.5, 0.6) is 0 Å². The highest BCUT2D eigenvalue weighted by Crippen LogP contribution is 2.12. The first-order valence-electron chi connectivity index (χ1n) is 10.0. The van der Waals surface area contributed by atoms with E-state index in [9.17, 15) is 4.79 Å². The van der Waals surface area contributed by atoms with Gasteiger partial charge in [-0.05, 0) is 31.9 Å². The fourth-order valence-electron chi connectivity index (χ4n) is 3.20. The molecule has 0 radical (unpaired) electrons. The van der Waals surface area contributed by atoms with Gasteiger partial charge in [0, 0.05) is 52.4 Å². The lowest BCUT2D eigenvalue weighted by Crippen LogP contribution is -2.52. The molecule has 2 rings (SSSR count). The first-order chi connectivity index (χ1) is 13.2. The zero-order valence-electron chi connectivity index (χ0n) is 16.7. The molecule has 0 aliphatic carbocycles. The van der Waals surface area contributed by atoms with Crippen LogP contribution in [0.1, 0.15) is 39.0 Å². The zero-order chi connectivity index (χ0) is 19.3. The summed E-state index contributed by atoms with van der Waals surface area (Å²) in [5, 5.41) is 3.46. The number of unbranched alkanes of at least 4 members (excludes halogenated alkanes) is 3. The molecule has 1 aliphatic rings. The van der Waals surface area contributed by atoms with E-state index in [4.69, 9.17) is 4.74 Å². The summed E-state index contributed by atoms with van der Waals surface area (Å²) in [6, 6.07) is 6.04. The Kier molecular flexibility index (Phi) is 9.44. The molecule has 150 valence electrons. The summed E-state index contributed by atoms with van der Waals surface area (Å²) >= 11 is 0. The van der Waals surface area contributed by atoms with Crippen molar-refractivity contribution in [3.05, 3.63) is 24.4 Å². The van der Waals surface area contributed by atoms with E-state index < -0.39 is 0 Å². The van der Waals surface area contributed by atoms with Crippen LogP contribution in [0.3, 0.4) is 0 Å². The van der Waals surface area contributed by atoms with Crippen molar-refractivity contribution < 1.29 is 9.53 Å². The van der Waals surface area contributed by atoms with E-state index in [0.717, 1.165) is 70.2 Å². The van der Waals surface area contributed by atoms with Crippen LogP contribution in [0.2, 0.25) is 0 Å². The number of esters is 1. The fourth-order valence-corrected chi connectivity index (χ4v) is 3.20. The lowest BCUT2D eigenvalue weighted by Gasteiger charge is -2.37. The zero-order valence-corrected chi connectivity index (χ0v) is 16.7. The third-order valence-corrected chi connectivity index (χ3v) is 4.66. The SMILES string of the molecule is CCOC(=O)CCCCCCNC(=NC)N1CCN(c2ccccn2)CC1. The molecule has 0 bridgehead atoms. The molecule has 1 N–H and O–H groups in total. The number of carbonyl (C=O) groups excluding carboxylic acids is 1. The number of ether oxygens (including phenoxy) is 1. The van der Waals surface area contributed by atoms with Crippen LogP contribution < -0.4 is 10.2 Å². The number of nitrogens with one attached hydrogen (secondary N) is 1. The second-order valence-corrected chi connectivity index (χ2v) is 6.61. The molecular weight excluding hydrogens is 342 g/mol. The van der Waals surface area contributed by atoms with Gasteiger partial charge in [-0.25, -0.2) is 4.98 Å². The first-order valence-corrected chi connectivity index (χ1v) is 10.0. The number of guanidine groups is 1. The average molecular weight is 376 g/mol. The van der Waals surface area contributed by atoms with Gasteiger partial charge < -0.3 is 19.9 Å². The third-order valence-electron chi connectivity index (χ3n) is 4.66. The molecule has 1 aliphatic heterocycles. The fraction of sp³-hybridized carbons (Fsp3) is 0.650. The Labute approximate surface area is 162 Å². The number of aromatic nitrogens is 1. The lowest BCUT2D eigenvalue weighted by atomic mass is 10.1. The summed E-state index contributed by atoms with van der Waals surface area (Å²) in [6.07, 6.45) is 6.52. The molecule has 1 saturated heterocycles. The van der Waals surface area contributed by atoms with Crippen molar-refractivity contribution in [2.45, 2.75) is 39.0 Å². The van der Waals surface area contributed by atoms with E-state index in [1.54, 1.807) is 0 Å². The van der Waals surface area contributed by atoms with E-state index >= 15 is 0 Å². The van der Waals surface area contributed by atoms with E-state index in [2.05, 4.69) is 31.2 Å². The van der Waals surface area contributed by atoms with E-state index in [0.29, 0.717) is 13.0 Å². The van der Waals surface area contributed by atoms with Crippen molar-refractivity contribution in [1.82, 2.24) is 15.2 Å². The van der Waals surface area contributed by atoms with E-state index in [1.165, 1.54) is 0 Å². The molecule has 7 heteroatoms. The van der Waals surface area contributed by atoms with Gasteiger partial charge >= 0.3 is 5.97 Å². The quantitative estimate of drug-likeness (QED) is 0.309. The molecule has 1 aromatic rings. The molecule has 0 unspecified atom stereocenters. The maximum Gasteiger partial charge on any atom is 0.305 e. The number of rotatable bonds is 9.